The predicted molar refractivity (Wildman–Crippen MR) is 121 cm³/mol. The number of ketones is 1. The third-order valence-electron chi connectivity index (χ3n) is 10.2. The smallest absolute Gasteiger partial charge is 0.333 e. The van der Waals surface area contributed by atoms with Gasteiger partial charge in [0, 0.05) is 11.5 Å². The normalized spacial score (nSPS) is 49.4. The molecule has 4 aliphatic rings. The number of aliphatic hydroxyl groups excluding tert-OH is 1. The Morgan fingerprint density at radius 3 is 2.39 bits per heavy atom. The number of allylic oxidation sites excluding steroid dienone is 1. The van der Waals surface area contributed by atoms with E-state index in [1.807, 2.05) is 13.0 Å². The van der Waals surface area contributed by atoms with E-state index in [0.717, 1.165) is 5.57 Å². The summed E-state index contributed by atoms with van der Waals surface area (Å²) in [6.07, 6.45) is 4.23. The molecule has 4 rings (SSSR count). The summed E-state index contributed by atoms with van der Waals surface area (Å²) < 4.78 is 5.95. The molecular weight excluding hydrogens is 424 g/mol. The van der Waals surface area contributed by atoms with E-state index < -0.39 is 57.5 Å². The summed E-state index contributed by atoms with van der Waals surface area (Å²) in [4.78, 5) is 25.6. The van der Waals surface area contributed by atoms with E-state index in [1.54, 1.807) is 26.8 Å². The molecule has 0 aromatic rings. The van der Waals surface area contributed by atoms with Crippen LogP contribution in [0.3, 0.4) is 0 Å². The molecule has 0 unspecified atom stereocenters. The molecular formula is C26H38O7. The monoisotopic (exact) mass is 462 g/mol. The third kappa shape index (κ3) is 2.89. The molecule has 0 heterocycles. The zero-order chi connectivity index (χ0) is 24.6. The summed E-state index contributed by atoms with van der Waals surface area (Å²) >= 11 is 0. The number of hydrogen-bond acceptors (Lipinski definition) is 7. The summed E-state index contributed by atoms with van der Waals surface area (Å²) in [6, 6.07) is 0. The number of rotatable bonds is 3. The van der Waals surface area contributed by atoms with Gasteiger partial charge in [0.1, 0.15) is 22.9 Å². The molecule has 0 aromatic heterocycles. The van der Waals surface area contributed by atoms with E-state index in [1.165, 1.54) is 6.92 Å². The first-order valence-corrected chi connectivity index (χ1v) is 12.1. The molecule has 33 heavy (non-hydrogen) atoms. The maximum absolute atomic E-state index is 12.9. The molecule has 0 bridgehead atoms. The summed E-state index contributed by atoms with van der Waals surface area (Å²) in [5.74, 6) is -1.54. The zero-order valence-corrected chi connectivity index (χ0v) is 20.4. The molecule has 8 atom stereocenters. The van der Waals surface area contributed by atoms with Crippen LogP contribution < -0.4 is 0 Å². The Morgan fingerprint density at radius 1 is 1.12 bits per heavy atom. The highest BCUT2D eigenvalue weighted by Crippen LogP contribution is 2.70. The van der Waals surface area contributed by atoms with Gasteiger partial charge in [-0.25, -0.2) is 4.79 Å². The number of Topliss-reactive ketones (excluding diaryl/α,β-unsaturated/α-hetero) is 1. The van der Waals surface area contributed by atoms with Crippen molar-refractivity contribution in [1.29, 1.82) is 0 Å². The van der Waals surface area contributed by atoms with Crippen molar-refractivity contribution in [3.8, 4) is 0 Å². The standard InChI is InChI=1S/C26H38O7/c1-6-15(2)21(29)33-20-14-19-22(4)9-8-18(28)13-17(22)7-10-25(19,31)26(32)12-11-24(30,16(3)27)23(20,26)5/h6-7,18-20,28,30-32H,8-14H2,1-5H3/b15-6+/t18-,19+,20+,22-,23+,24+,25-,26+/m0/s1. The zero-order valence-electron chi connectivity index (χ0n) is 20.4. The number of ether oxygens (including phenoxy) is 1. The van der Waals surface area contributed by atoms with Gasteiger partial charge in [0.15, 0.2) is 5.78 Å². The largest absolute Gasteiger partial charge is 0.458 e. The van der Waals surface area contributed by atoms with Gasteiger partial charge in [0.05, 0.1) is 11.5 Å². The highest BCUT2D eigenvalue weighted by atomic mass is 16.5. The van der Waals surface area contributed by atoms with Crippen molar-refractivity contribution in [2.24, 2.45) is 16.7 Å². The van der Waals surface area contributed by atoms with Crippen LogP contribution in [0.2, 0.25) is 0 Å². The SMILES string of the molecule is C/C=C(\C)C(=O)O[C@@H]1C[C@@H]2[C@@]3(C)CC[C@H](O)CC3=CC[C@@]2(O)[C@@]2(O)CC[C@@](O)(C(C)=O)[C@@]12C. The second kappa shape index (κ2) is 7.48. The van der Waals surface area contributed by atoms with Gasteiger partial charge in [-0.2, -0.15) is 0 Å². The van der Waals surface area contributed by atoms with Gasteiger partial charge in [-0.3, -0.25) is 4.79 Å². The summed E-state index contributed by atoms with van der Waals surface area (Å²) in [5.41, 5.74) is -6.04. The fraction of sp³-hybridized carbons (Fsp3) is 0.769. The Kier molecular flexibility index (Phi) is 5.57. The molecule has 3 saturated carbocycles. The maximum atomic E-state index is 12.9. The van der Waals surface area contributed by atoms with E-state index in [9.17, 15) is 30.0 Å². The number of hydrogen-bond donors (Lipinski definition) is 4. The molecule has 7 nitrogen and oxygen atoms in total. The Labute approximate surface area is 195 Å². The van der Waals surface area contributed by atoms with Gasteiger partial charge in [-0.1, -0.05) is 24.6 Å². The molecule has 7 heteroatoms. The number of carbonyl (C=O) groups is 2. The molecule has 0 aliphatic heterocycles. The summed E-state index contributed by atoms with van der Waals surface area (Å²) in [6.45, 7) is 8.28. The minimum Gasteiger partial charge on any atom is -0.458 e. The highest BCUT2D eigenvalue weighted by molar-refractivity contribution is 5.89. The average Bonchev–Trinajstić information content (AvgIpc) is 2.99. The van der Waals surface area contributed by atoms with Crippen LogP contribution in [-0.4, -0.2) is 61.2 Å². The van der Waals surface area contributed by atoms with E-state index in [-0.39, 0.29) is 25.7 Å². The van der Waals surface area contributed by atoms with Crippen molar-refractivity contribution in [2.75, 3.05) is 0 Å². The van der Waals surface area contributed by atoms with Gasteiger partial charge in [0.25, 0.3) is 0 Å². The molecule has 0 radical (unpaired) electrons. The van der Waals surface area contributed by atoms with E-state index in [4.69, 9.17) is 4.74 Å². The van der Waals surface area contributed by atoms with Crippen molar-refractivity contribution >= 4 is 11.8 Å². The van der Waals surface area contributed by atoms with Crippen molar-refractivity contribution in [1.82, 2.24) is 0 Å². The Hall–Kier alpha value is -1.54. The fourth-order valence-electron chi connectivity index (χ4n) is 7.71. The third-order valence-corrected chi connectivity index (χ3v) is 10.2. The van der Waals surface area contributed by atoms with Crippen LogP contribution in [0.15, 0.2) is 23.3 Å². The van der Waals surface area contributed by atoms with Crippen LogP contribution in [0.5, 0.6) is 0 Å². The molecule has 4 aliphatic carbocycles. The molecule has 3 fully saturated rings. The van der Waals surface area contributed by atoms with Gasteiger partial charge in [-0.15, -0.1) is 0 Å². The Balaban J connectivity index is 1.89. The molecule has 0 spiro atoms. The molecule has 184 valence electrons. The first-order valence-electron chi connectivity index (χ1n) is 12.1. The summed E-state index contributed by atoms with van der Waals surface area (Å²) in [5, 5.41) is 46.4. The van der Waals surface area contributed by atoms with Gasteiger partial charge >= 0.3 is 5.97 Å². The molecule has 0 saturated heterocycles. The van der Waals surface area contributed by atoms with Crippen LogP contribution in [-0.2, 0) is 14.3 Å². The predicted octanol–water partition coefficient (Wildman–Crippen LogP) is 2.35. The van der Waals surface area contributed by atoms with Crippen LogP contribution in [0.1, 0.15) is 79.6 Å². The number of esters is 1. The first kappa shape index (κ1) is 24.6. The Bertz CT molecular complexity index is 939. The molecule has 0 amide bonds. The lowest BCUT2D eigenvalue weighted by Gasteiger charge is -2.67. The topological polar surface area (TPSA) is 124 Å². The van der Waals surface area contributed by atoms with Crippen LogP contribution in [0.4, 0.5) is 0 Å². The van der Waals surface area contributed by atoms with E-state index >= 15 is 0 Å². The molecule has 4 N–H and O–H groups in total. The van der Waals surface area contributed by atoms with Crippen LogP contribution in [0, 0.1) is 16.7 Å². The quantitative estimate of drug-likeness (QED) is 0.288. The van der Waals surface area contributed by atoms with E-state index in [0.29, 0.717) is 24.8 Å². The van der Waals surface area contributed by atoms with Crippen molar-refractivity contribution in [2.45, 2.75) is 109 Å². The minimum atomic E-state index is -1.94. The second-order valence-electron chi connectivity index (χ2n) is 11.3. The molecule has 0 aromatic carbocycles. The minimum absolute atomic E-state index is 0.0190. The van der Waals surface area contributed by atoms with Crippen molar-refractivity contribution in [3.05, 3.63) is 23.3 Å². The van der Waals surface area contributed by atoms with Gasteiger partial charge in [-0.05, 0) is 78.1 Å². The number of aliphatic hydroxyl groups is 4. The highest BCUT2D eigenvalue weighted by Gasteiger charge is 2.81. The maximum Gasteiger partial charge on any atom is 0.333 e. The van der Waals surface area contributed by atoms with Gasteiger partial charge in [0.2, 0.25) is 0 Å². The summed E-state index contributed by atoms with van der Waals surface area (Å²) in [7, 11) is 0. The van der Waals surface area contributed by atoms with Crippen LogP contribution in [0.25, 0.3) is 0 Å². The second-order valence-corrected chi connectivity index (χ2v) is 11.3. The number of fused-ring (bicyclic) bond motifs is 5. The number of carbonyl (C=O) groups excluding carboxylic acids is 2. The van der Waals surface area contributed by atoms with E-state index in [2.05, 4.69) is 0 Å². The first-order chi connectivity index (χ1) is 15.2. The van der Waals surface area contributed by atoms with Crippen LogP contribution >= 0.6 is 0 Å². The average molecular weight is 463 g/mol. The van der Waals surface area contributed by atoms with Gasteiger partial charge < -0.3 is 25.2 Å². The Morgan fingerprint density at radius 2 is 1.79 bits per heavy atom. The fourth-order valence-corrected chi connectivity index (χ4v) is 7.71. The lowest BCUT2D eigenvalue weighted by molar-refractivity contribution is -0.314. The lowest BCUT2D eigenvalue weighted by Crippen LogP contribution is -2.78. The van der Waals surface area contributed by atoms with Crippen molar-refractivity contribution < 1.29 is 34.8 Å². The lowest BCUT2D eigenvalue weighted by atomic mass is 9.42. The van der Waals surface area contributed by atoms with Crippen molar-refractivity contribution in [3.63, 3.8) is 0 Å².